The van der Waals surface area contributed by atoms with Crippen LogP contribution in [0.5, 0.6) is 0 Å². The van der Waals surface area contributed by atoms with E-state index >= 15 is 0 Å². The zero-order valence-electron chi connectivity index (χ0n) is 8.67. The number of rotatable bonds is 4. The summed E-state index contributed by atoms with van der Waals surface area (Å²) in [6, 6.07) is 4.00. The van der Waals surface area contributed by atoms with Crippen molar-refractivity contribution in [2.75, 3.05) is 7.11 Å². The topological polar surface area (TPSA) is 26.3 Å². The van der Waals surface area contributed by atoms with Crippen LogP contribution < -0.4 is 0 Å². The van der Waals surface area contributed by atoms with Crippen LogP contribution >= 0.6 is 11.6 Å². The normalized spacial score (nSPS) is 10.6. The Labute approximate surface area is 97.2 Å². The first-order valence-electron chi connectivity index (χ1n) is 4.68. The molecule has 0 N–H and O–H groups in total. The first-order valence-corrected chi connectivity index (χ1v) is 5.05. The molecule has 0 radical (unpaired) electrons. The SMILES string of the molecule is COC(=O)CCc1cc(C(F)F)ccc1Cl. The van der Waals surface area contributed by atoms with Crippen LogP contribution in [0.2, 0.25) is 5.02 Å². The van der Waals surface area contributed by atoms with E-state index in [0.29, 0.717) is 17.0 Å². The third-order valence-corrected chi connectivity index (χ3v) is 2.52. The van der Waals surface area contributed by atoms with Crippen LogP contribution in [0.3, 0.4) is 0 Å². The highest BCUT2D eigenvalue weighted by atomic mass is 35.5. The fourth-order valence-electron chi connectivity index (χ4n) is 1.26. The summed E-state index contributed by atoms with van der Waals surface area (Å²) < 4.78 is 29.3. The minimum atomic E-state index is -2.53. The molecule has 0 aliphatic carbocycles. The Morgan fingerprint density at radius 2 is 2.19 bits per heavy atom. The van der Waals surface area contributed by atoms with E-state index in [1.165, 1.54) is 25.3 Å². The maximum atomic E-state index is 12.4. The second-order valence-corrected chi connectivity index (χ2v) is 3.63. The second-order valence-electron chi connectivity index (χ2n) is 3.23. The molecule has 0 aromatic heterocycles. The number of ether oxygens (including phenoxy) is 1. The van der Waals surface area contributed by atoms with Gasteiger partial charge in [-0.25, -0.2) is 8.78 Å². The minimum Gasteiger partial charge on any atom is -0.469 e. The van der Waals surface area contributed by atoms with Crippen molar-refractivity contribution < 1.29 is 18.3 Å². The third kappa shape index (κ3) is 3.45. The first kappa shape index (κ1) is 12.9. The second kappa shape index (κ2) is 5.80. The van der Waals surface area contributed by atoms with Gasteiger partial charge in [-0.15, -0.1) is 0 Å². The Hall–Kier alpha value is -1.16. The lowest BCUT2D eigenvalue weighted by molar-refractivity contribution is -0.140. The molecule has 0 amide bonds. The quantitative estimate of drug-likeness (QED) is 0.764. The molecular formula is C11H11ClF2O2. The first-order chi connectivity index (χ1) is 7.54. The molecule has 0 saturated carbocycles. The molecule has 0 saturated heterocycles. The predicted molar refractivity (Wildman–Crippen MR) is 56.7 cm³/mol. The number of hydrogen-bond acceptors (Lipinski definition) is 2. The molecule has 1 aromatic carbocycles. The number of esters is 1. The van der Waals surface area contributed by atoms with E-state index in [-0.39, 0.29) is 12.0 Å². The van der Waals surface area contributed by atoms with Gasteiger partial charge in [0.1, 0.15) is 0 Å². The van der Waals surface area contributed by atoms with E-state index in [1.54, 1.807) is 0 Å². The maximum absolute atomic E-state index is 12.4. The molecule has 0 unspecified atom stereocenters. The molecule has 1 rings (SSSR count). The Morgan fingerprint density at radius 3 is 2.75 bits per heavy atom. The predicted octanol–water partition coefficient (Wildman–Crippen LogP) is 3.38. The van der Waals surface area contributed by atoms with Crippen LogP contribution in [0.15, 0.2) is 18.2 Å². The molecule has 1 aromatic rings. The smallest absolute Gasteiger partial charge is 0.305 e. The maximum Gasteiger partial charge on any atom is 0.305 e. The average Bonchev–Trinajstić information content (AvgIpc) is 2.27. The Kier molecular flexibility index (Phi) is 4.68. The lowest BCUT2D eigenvalue weighted by Crippen LogP contribution is -2.02. The summed E-state index contributed by atoms with van der Waals surface area (Å²) in [5.74, 6) is -0.390. The number of halogens is 3. The molecular weight excluding hydrogens is 238 g/mol. The van der Waals surface area contributed by atoms with Gasteiger partial charge in [-0.3, -0.25) is 4.79 Å². The average molecular weight is 249 g/mol. The van der Waals surface area contributed by atoms with Crippen LogP contribution in [-0.2, 0) is 16.0 Å². The molecule has 16 heavy (non-hydrogen) atoms. The summed E-state index contributed by atoms with van der Waals surface area (Å²) in [5, 5.41) is 0.383. The van der Waals surface area contributed by atoms with Crippen molar-refractivity contribution in [3.8, 4) is 0 Å². The van der Waals surface area contributed by atoms with E-state index in [1.807, 2.05) is 0 Å². The van der Waals surface area contributed by atoms with Crippen LogP contribution in [0.25, 0.3) is 0 Å². The van der Waals surface area contributed by atoms with E-state index < -0.39 is 12.4 Å². The molecule has 88 valence electrons. The van der Waals surface area contributed by atoms with Crippen molar-refractivity contribution in [1.29, 1.82) is 0 Å². The summed E-state index contributed by atoms with van der Waals surface area (Å²) in [4.78, 5) is 10.9. The van der Waals surface area contributed by atoms with E-state index in [9.17, 15) is 13.6 Å². The van der Waals surface area contributed by atoms with Gasteiger partial charge < -0.3 is 4.74 Å². The molecule has 0 spiro atoms. The van der Waals surface area contributed by atoms with E-state index in [2.05, 4.69) is 4.74 Å². The molecule has 0 aliphatic heterocycles. The fourth-order valence-corrected chi connectivity index (χ4v) is 1.47. The van der Waals surface area contributed by atoms with Crippen LogP contribution in [0, 0.1) is 0 Å². The molecule has 0 fully saturated rings. The number of methoxy groups -OCH3 is 1. The zero-order valence-corrected chi connectivity index (χ0v) is 9.43. The highest BCUT2D eigenvalue weighted by Crippen LogP contribution is 2.25. The van der Waals surface area contributed by atoms with Gasteiger partial charge in [-0.05, 0) is 24.1 Å². The summed E-state index contributed by atoms with van der Waals surface area (Å²) in [6.45, 7) is 0. The molecule has 0 atom stereocenters. The number of carbonyl (C=O) groups is 1. The van der Waals surface area contributed by atoms with Crippen molar-refractivity contribution in [2.45, 2.75) is 19.3 Å². The summed E-state index contributed by atoms with van der Waals surface area (Å²) in [7, 11) is 1.28. The monoisotopic (exact) mass is 248 g/mol. The van der Waals surface area contributed by atoms with Gasteiger partial charge in [0.25, 0.3) is 6.43 Å². The molecule has 5 heteroatoms. The van der Waals surface area contributed by atoms with Crippen molar-refractivity contribution in [1.82, 2.24) is 0 Å². The Balaban J connectivity index is 2.78. The minimum absolute atomic E-state index is 0.0933. The molecule has 0 aliphatic rings. The van der Waals surface area contributed by atoms with Crippen molar-refractivity contribution in [2.24, 2.45) is 0 Å². The van der Waals surface area contributed by atoms with Crippen LogP contribution in [-0.4, -0.2) is 13.1 Å². The van der Waals surface area contributed by atoms with Gasteiger partial charge in [-0.1, -0.05) is 17.7 Å². The van der Waals surface area contributed by atoms with E-state index in [0.717, 1.165) is 0 Å². The van der Waals surface area contributed by atoms with Gasteiger partial charge >= 0.3 is 5.97 Å². The largest absolute Gasteiger partial charge is 0.469 e. The highest BCUT2D eigenvalue weighted by Gasteiger charge is 2.11. The standard InChI is InChI=1S/C11H11ClF2O2/c1-16-10(15)5-3-7-6-8(11(13)14)2-4-9(7)12/h2,4,6,11H,3,5H2,1H3. The molecule has 0 heterocycles. The summed E-state index contributed by atoms with van der Waals surface area (Å²) in [5.41, 5.74) is 0.439. The van der Waals surface area contributed by atoms with Gasteiger partial charge in [0.2, 0.25) is 0 Å². The summed E-state index contributed by atoms with van der Waals surface area (Å²) >= 11 is 5.83. The van der Waals surface area contributed by atoms with Crippen LogP contribution in [0.1, 0.15) is 24.0 Å². The van der Waals surface area contributed by atoms with Gasteiger partial charge in [0.15, 0.2) is 0 Å². The lowest BCUT2D eigenvalue weighted by Gasteiger charge is -2.06. The number of hydrogen-bond donors (Lipinski definition) is 0. The lowest BCUT2D eigenvalue weighted by atomic mass is 10.1. The van der Waals surface area contributed by atoms with Crippen LogP contribution in [0.4, 0.5) is 8.78 Å². The molecule has 0 bridgehead atoms. The van der Waals surface area contributed by atoms with Crippen molar-refractivity contribution in [3.05, 3.63) is 34.3 Å². The summed E-state index contributed by atoms with van der Waals surface area (Å²) in [6.07, 6.45) is -2.11. The zero-order chi connectivity index (χ0) is 12.1. The highest BCUT2D eigenvalue weighted by molar-refractivity contribution is 6.31. The van der Waals surface area contributed by atoms with Gasteiger partial charge in [0.05, 0.1) is 7.11 Å². The van der Waals surface area contributed by atoms with Crippen molar-refractivity contribution in [3.63, 3.8) is 0 Å². The number of aryl methyl sites for hydroxylation is 1. The number of benzene rings is 1. The van der Waals surface area contributed by atoms with Gasteiger partial charge in [-0.2, -0.15) is 0 Å². The Morgan fingerprint density at radius 1 is 1.50 bits per heavy atom. The van der Waals surface area contributed by atoms with E-state index in [4.69, 9.17) is 11.6 Å². The number of carbonyl (C=O) groups excluding carboxylic acids is 1. The third-order valence-electron chi connectivity index (χ3n) is 2.15. The fraction of sp³-hybridized carbons (Fsp3) is 0.364. The molecule has 2 nitrogen and oxygen atoms in total. The number of alkyl halides is 2. The Bertz CT molecular complexity index is 380. The van der Waals surface area contributed by atoms with Gasteiger partial charge in [0, 0.05) is 17.0 Å². The van der Waals surface area contributed by atoms with Crippen molar-refractivity contribution >= 4 is 17.6 Å².